The van der Waals surface area contributed by atoms with Gasteiger partial charge in [-0.05, 0) is 6.42 Å². The fraction of sp³-hybridized carbons (Fsp3) is 1.00. The van der Waals surface area contributed by atoms with E-state index >= 15 is 0 Å². The third kappa shape index (κ3) is 10.2. The number of likely N-dealkylation sites (N-methyl/N-ethyl adjacent to an activating group) is 3. The van der Waals surface area contributed by atoms with Crippen molar-refractivity contribution < 1.29 is 43.0 Å². The van der Waals surface area contributed by atoms with Crippen LogP contribution in [0.15, 0.2) is 0 Å². The van der Waals surface area contributed by atoms with E-state index in [1.165, 1.54) is 38.5 Å². The second-order valence-corrected chi connectivity index (χ2v) is 13.7. The molecule has 0 bridgehead atoms. The number of hydrogen-bond donors (Lipinski definition) is 3. The van der Waals surface area contributed by atoms with Crippen molar-refractivity contribution in [2.75, 3.05) is 113 Å². The van der Waals surface area contributed by atoms with Gasteiger partial charge in [-0.2, -0.15) is 0 Å². The van der Waals surface area contributed by atoms with Gasteiger partial charge in [-0.15, -0.1) is 0 Å². The molecule has 0 aliphatic carbocycles. The maximum absolute atomic E-state index is 10.8. The molecule has 3 fully saturated rings. The van der Waals surface area contributed by atoms with Gasteiger partial charge in [0, 0.05) is 38.5 Å². The predicted octanol–water partition coefficient (Wildman–Crippen LogP) is 0.989. The lowest BCUT2D eigenvalue weighted by Crippen LogP contribution is -2.51. The van der Waals surface area contributed by atoms with Crippen LogP contribution in [-0.4, -0.2) is 166 Å². The topological polar surface area (TPSA) is 88.4 Å². The van der Waals surface area contributed by atoms with E-state index in [4.69, 9.17) is 14.2 Å². The van der Waals surface area contributed by atoms with Crippen LogP contribution in [0.2, 0.25) is 0 Å². The van der Waals surface area contributed by atoms with E-state index in [9.17, 15) is 15.3 Å². The van der Waals surface area contributed by atoms with Gasteiger partial charge in [0.05, 0.1) is 93.4 Å². The summed E-state index contributed by atoms with van der Waals surface area (Å²) in [5.74, 6) is 0. The summed E-state index contributed by atoms with van der Waals surface area (Å²) in [7, 11) is 6.64. The Morgan fingerprint density at radius 2 is 0.895 bits per heavy atom. The van der Waals surface area contributed by atoms with Crippen LogP contribution in [0.25, 0.3) is 0 Å². The molecule has 3 aliphatic heterocycles. The molecule has 3 aliphatic rings. The minimum Gasteiger partial charge on any atom is -0.385 e. The van der Waals surface area contributed by atoms with E-state index in [0.29, 0.717) is 26.1 Å². The molecule has 0 spiro atoms. The maximum atomic E-state index is 10.8. The van der Waals surface area contributed by atoms with Crippen LogP contribution in [0, 0.1) is 0 Å². The summed E-state index contributed by atoms with van der Waals surface area (Å²) >= 11 is 0. The smallest absolute Gasteiger partial charge is 0.126 e. The quantitative estimate of drug-likeness (QED) is 0.222. The van der Waals surface area contributed by atoms with Crippen LogP contribution in [-0.2, 0) is 14.2 Å². The molecule has 224 valence electrons. The van der Waals surface area contributed by atoms with Gasteiger partial charge in [0.2, 0.25) is 0 Å². The van der Waals surface area contributed by atoms with Crippen molar-refractivity contribution in [3.05, 3.63) is 0 Å². The van der Waals surface area contributed by atoms with Crippen LogP contribution in [0.4, 0.5) is 0 Å². The van der Waals surface area contributed by atoms with Gasteiger partial charge in [0.25, 0.3) is 0 Å². The molecule has 9 nitrogen and oxygen atoms in total. The zero-order valence-corrected chi connectivity index (χ0v) is 25.0. The molecular weight excluding hydrogens is 486 g/mol. The normalized spacial score (nSPS) is 26.3. The highest BCUT2D eigenvalue weighted by Crippen LogP contribution is 2.23. The third-order valence-corrected chi connectivity index (χ3v) is 9.47. The minimum atomic E-state index is -0.734. The van der Waals surface area contributed by atoms with Gasteiger partial charge in [-0.25, -0.2) is 0 Å². The molecule has 3 saturated heterocycles. The molecule has 0 aromatic carbocycles. The number of nitrogens with zero attached hydrogens (tertiary/aromatic N) is 3. The highest BCUT2D eigenvalue weighted by atomic mass is 16.6. The van der Waals surface area contributed by atoms with Gasteiger partial charge in [-0.3, -0.25) is 0 Å². The van der Waals surface area contributed by atoms with Gasteiger partial charge < -0.3 is 43.0 Å². The molecule has 3 atom stereocenters. The molecule has 0 saturated carbocycles. The lowest BCUT2D eigenvalue weighted by molar-refractivity contribution is -0.900. The Morgan fingerprint density at radius 3 is 1.21 bits per heavy atom. The number of hydrogen-bond acceptors (Lipinski definition) is 6. The number of aliphatic hydroxyl groups is 3. The monoisotopic (exact) mass is 546 g/mol. The summed E-state index contributed by atoms with van der Waals surface area (Å²) < 4.78 is 21.2. The van der Waals surface area contributed by atoms with E-state index < -0.39 is 23.9 Å². The summed E-state index contributed by atoms with van der Waals surface area (Å²) in [6.45, 7) is 12.1. The lowest BCUT2D eigenvalue weighted by atomic mass is 10.0. The first-order valence-corrected chi connectivity index (χ1v) is 15.3. The second-order valence-electron chi connectivity index (χ2n) is 13.7. The van der Waals surface area contributed by atoms with Crippen LogP contribution in [0.1, 0.15) is 51.9 Å². The number of aliphatic hydroxyl groups excluding tert-OH is 3. The van der Waals surface area contributed by atoms with E-state index in [1.807, 2.05) is 6.92 Å². The molecule has 0 aromatic rings. The molecule has 3 unspecified atom stereocenters. The Labute approximate surface area is 232 Å². The van der Waals surface area contributed by atoms with Gasteiger partial charge >= 0.3 is 0 Å². The number of ether oxygens (including phenoxy) is 3. The fourth-order valence-corrected chi connectivity index (χ4v) is 6.99. The first kappa shape index (κ1) is 32.2. The van der Waals surface area contributed by atoms with Crippen molar-refractivity contribution in [3.63, 3.8) is 0 Å². The first-order chi connectivity index (χ1) is 18.0. The molecule has 9 heteroatoms. The Balaban J connectivity index is 1.51. The van der Waals surface area contributed by atoms with E-state index in [2.05, 4.69) is 21.1 Å². The standard InChI is InChI=1S/C29H60N3O6/c1-5-29(38-23-28(35)20-32(4)16-10-11-17-32,24-36-21-26(33)18-30(2)12-6-7-13-30)25-37-22-27(34)19-31(3)14-8-9-15-31/h26-28,33-35H,5-25H2,1-4H3/q+3. The van der Waals surface area contributed by atoms with Gasteiger partial charge in [0.1, 0.15) is 43.5 Å². The van der Waals surface area contributed by atoms with Gasteiger partial charge in [0.15, 0.2) is 0 Å². The van der Waals surface area contributed by atoms with E-state index in [1.54, 1.807) is 0 Å². The summed E-state index contributed by atoms with van der Waals surface area (Å²) in [5, 5.41) is 32.2. The summed E-state index contributed by atoms with van der Waals surface area (Å²) in [4.78, 5) is 0. The largest absolute Gasteiger partial charge is 0.385 e. The Hall–Kier alpha value is -0.360. The van der Waals surface area contributed by atoms with Crippen molar-refractivity contribution >= 4 is 0 Å². The third-order valence-electron chi connectivity index (χ3n) is 9.47. The molecule has 3 heterocycles. The Morgan fingerprint density at radius 1 is 0.579 bits per heavy atom. The molecule has 0 aromatic heterocycles. The minimum absolute atomic E-state index is 0.226. The lowest BCUT2D eigenvalue weighted by Gasteiger charge is -2.36. The van der Waals surface area contributed by atoms with Crippen molar-refractivity contribution in [2.45, 2.75) is 75.8 Å². The molecule has 0 amide bonds. The highest BCUT2D eigenvalue weighted by Gasteiger charge is 2.36. The zero-order valence-electron chi connectivity index (χ0n) is 25.0. The summed E-state index contributed by atoms with van der Waals surface area (Å²) in [6.07, 6.45) is 6.36. The molecule has 3 rings (SSSR count). The van der Waals surface area contributed by atoms with Crippen molar-refractivity contribution in [1.82, 2.24) is 0 Å². The molecular formula is C29H60N3O6+3. The Bertz CT molecular complexity index is 641. The number of rotatable bonds is 18. The Kier molecular flexibility index (Phi) is 12.3. The molecule has 3 N–H and O–H groups in total. The van der Waals surface area contributed by atoms with Crippen LogP contribution in [0.3, 0.4) is 0 Å². The van der Waals surface area contributed by atoms with E-state index in [-0.39, 0.29) is 33.0 Å². The van der Waals surface area contributed by atoms with Crippen LogP contribution in [0.5, 0.6) is 0 Å². The van der Waals surface area contributed by atoms with Crippen molar-refractivity contribution in [1.29, 1.82) is 0 Å². The summed E-state index contributed by atoms with van der Waals surface area (Å²) in [6, 6.07) is 0. The average molecular weight is 547 g/mol. The molecule has 0 radical (unpaired) electrons. The zero-order chi connectivity index (χ0) is 27.7. The number of quaternary nitrogens is 3. The van der Waals surface area contributed by atoms with Crippen LogP contribution < -0.4 is 0 Å². The molecule has 38 heavy (non-hydrogen) atoms. The van der Waals surface area contributed by atoms with Gasteiger partial charge in [-0.1, -0.05) is 6.92 Å². The second kappa shape index (κ2) is 14.5. The summed E-state index contributed by atoms with van der Waals surface area (Å²) in [5.41, 5.74) is -0.734. The number of likely N-dealkylation sites (tertiary alicyclic amines) is 3. The van der Waals surface area contributed by atoms with Crippen LogP contribution >= 0.6 is 0 Å². The van der Waals surface area contributed by atoms with E-state index in [0.717, 1.165) is 52.7 Å². The SMILES string of the molecule is CCC(COCC(O)C[N+]1(C)CCCC1)(COCC(O)C[N+]1(C)CCCC1)OCC(O)C[N+]1(C)CCCC1. The van der Waals surface area contributed by atoms with Crippen molar-refractivity contribution in [2.24, 2.45) is 0 Å². The average Bonchev–Trinajstić information content (AvgIpc) is 3.59. The fourth-order valence-electron chi connectivity index (χ4n) is 6.99. The van der Waals surface area contributed by atoms with Crippen molar-refractivity contribution in [3.8, 4) is 0 Å². The highest BCUT2D eigenvalue weighted by molar-refractivity contribution is 4.81. The predicted molar refractivity (Wildman–Crippen MR) is 149 cm³/mol. The first-order valence-electron chi connectivity index (χ1n) is 15.3. The maximum Gasteiger partial charge on any atom is 0.126 e.